The Labute approximate surface area is 210 Å². The van der Waals surface area contributed by atoms with E-state index in [1.54, 1.807) is 12.2 Å². The van der Waals surface area contributed by atoms with Crippen molar-refractivity contribution in [2.75, 3.05) is 67.7 Å². The predicted molar refractivity (Wildman–Crippen MR) is 144 cm³/mol. The molecule has 2 aromatic rings. The van der Waals surface area contributed by atoms with E-state index in [-0.39, 0.29) is 32.1 Å². The van der Waals surface area contributed by atoms with Crippen molar-refractivity contribution in [2.24, 2.45) is 10.7 Å². The Morgan fingerprint density at radius 3 is 1.67 bits per heavy atom. The first kappa shape index (κ1) is 26.9. The first-order chi connectivity index (χ1) is 17.5. The molecular formula is C26H34N6O4. The molecule has 8 N–H and O–H groups in total. The minimum absolute atomic E-state index is 0.00772. The van der Waals surface area contributed by atoms with Crippen molar-refractivity contribution in [2.45, 2.75) is 0 Å². The number of rotatable bonds is 13. The summed E-state index contributed by atoms with van der Waals surface area (Å²) in [7, 11) is 0. The number of nitrogens with two attached hydrogens (primary N) is 1. The van der Waals surface area contributed by atoms with Crippen LogP contribution in [-0.4, -0.2) is 84.5 Å². The van der Waals surface area contributed by atoms with Gasteiger partial charge in [-0.2, -0.15) is 0 Å². The van der Waals surface area contributed by atoms with Crippen LogP contribution in [0.2, 0.25) is 0 Å². The van der Waals surface area contributed by atoms with Crippen molar-refractivity contribution in [1.29, 1.82) is 5.41 Å². The van der Waals surface area contributed by atoms with Crippen LogP contribution in [0.5, 0.6) is 0 Å². The molecule has 0 unspecified atom stereocenters. The lowest BCUT2D eigenvalue weighted by molar-refractivity contribution is 0.280. The van der Waals surface area contributed by atoms with Gasteiger partial charge in [0.25, 0.3) is 0 Å². The van der Waals surface area contributed by atoms with Crippen LogP contribution >= 0.6 is 0 Å². The summed E-state index contributed by atoms with van der Waals surface area (Å²) in [6.07, 6.45) is 3.28. The molecule has 0 aromatic heterocycles. The SMILES string of the molecule is N=C1C=C(N)/C(=N\c2ccc(N(CCO)CCO)cc2)C=C1Nc1ccc(N(CCO)CCO)cc1. The van der Waals surface area contributed by atoms with E-state index in [1.165, 1.54) is 0 Å². The number of aliphatic hydroxyl groups is 4. The molecular weight excluding hydrogens is 460 g/mol. The lowest BCUT2D eigenvalue weighted by atomic mass is 10.0. The van der Waals surface area contributed by atoms with Crippen LogP contribution in [0.3, 0.4) is 0 Å². The first-order valence-corrected chi connectivity index (χ1v) is 11.8. The number of benzene rings is 2. The van der Waals surface area contributed by atoms with Crippen LogP contribution in [0.25, 0.3) is 0 Å². The number of aliphatic imine (C=N–C) groups is 1. The summed E-state index contributed by atoms with van der Waals surface area (Å²) < 4.78 is 0. The highest BCUT2D eigenvalue weighted by Gasteiger charge is 2.15. The molecule has 0 radical (unpaired) electrons. The molecule has 0 fully saturated rings. The third kappa shape index (κ3) is 7.15. The van der Waals surface area contributed by atoms with Crippen molar-refractivity contribution in [1.82, 2.24) is 0 Å². The summed E-state index contributed by atoms with van der Waals surface area (Å²) in [6.45, 7) is 1.66. The largest absolute Gasteiger partial charge is 0.397 e. The maximum atomic E-state index is 9.24. The quantitative estimate of drug-likeness (QED) is 0.204. The molecule has 0 bridgehead atoms. The van der Waals surface area contributed by atoms with Crippen molar-refractivity contribution >= 4 is 34.2 Å². The number of nitrogens with one attached hydrogen (secondary N) is 2. The van der Waals surface area contributed by atoms with Gasteiger partial charge in [0.2, 0.25) is 0 Å². The number of anilines is 3. The summed E-state index contributed by atoms with van der Waals surface area (Å²) in [6, 6.07) is 14.9. The average Bonchev–Trinajstić information content (AvgIpc) is 2.87. The third-order valence-corrected chi connectivity index (χ3v) is 5.62. The Hall–Kier alpha value is -3.70. The number of aliphatic hydroxyl groups excluding tert-OH is 4. The van der Waals surface area contributed by atoms with Gasteiger partial charge in [-0.15, -0.1) is 0 Å². The topological polar surface area (TPSA) is 162 Å². The lowest BCUT2D eigenvalue weighted by Gasteiger charge is -2.23. The maximum Gasteiger partial charge on any atom is 0.0888 e. The van der Waals surface area contributed by atoms with E-state index in [4.69, 9.17) is 11.1 Å². The van der Waals surface area contributed by atoms with E-state index in [9.17, 15) is 20.4 Å². The Kier molecular flexibility index (Phi) is 10.0. The Morgan fingerprint density at radius 1 is 0.722 bits per heavy atom. The normalized spacial score (nSPS) is 14.4. The maximum absolute atomic E-state index is 9.24. The summed E-state index contributed by atoms with van der Waals surface area (Å²) >= 11 is 0. The summed E-state index contributed by atoms with van der Waals surface area (Å²) in [5, 5.41) is 48.5. The number of nitrogens with zero attached hydrogens (tertiary/aromatic N) is 3. The van der Waals surface area contributed by atoms with Crippen molar-refractivity contribution in [3.05, 3.63) is 72.1 Å². The fraction of sp³-hybridized carbons (Fsp3) is 0.308. The van der Waals surface area contributed by atoms with Crippen molar-refractivity contribution in [3.63, 3.8) is 0 Å². The number of allylic oxidation sites excluding steroid dienone is 2. The zero-order valence-electron chi connectivity index (χ0n) is 20.1. The minimum atomic E-state index is -0.00971. The molecule has 0 amide bonds. The smallest absolute Gasteiger partial charge is 0.0888 e. The molecule has 0 spiro atoms. The zero-order valence-corrected chi connectivity index (χ0v) is 20.1. The second-order valence-corrected chi connectivity index (χ2v) is 8.13. The van der Waals surface area contributed by atoms with Gasteiger partial charge in [-0.25, -0.2) is 4.99 Å². The monoisotopic (exact) mass is 494 g/mol. The van der Waals surface area contributed by atoms with Gasteiger partial charge in [0.05, 0.1) is 54.9 Å². The van der Waals surface area contributed by atoms with Crippen molar-refractivity contribution in [3.8, 4) is 0 Å². The molecule has 0 saturated heterocycles. The molecule has 10 heteroatoms. The fourth-order valence-electron chi connectivity index (χ4n) is 3.82. The molecule has 192 valence electrons. The highest BCUT2D eigenvalue weighted by atomic mass is 16.3. The fourth-order valence-corrected chi connectivity index (χ4v) is 3.82. The van der Waals surface area contributed by atoms with E-state index in [0.29, 0.717) is 49.0 Å². The van der Waals surface area contributed by atoms with E-state index >= 15 is 0 Å². The van der Waals surface area contributed by atoms with Gasteiger partial charge < -0.3 is 41.3 Å². The average molecular weight is 495 g/mol. The lowest BCUT2D eigenvalue weighted by Crippen LogP contribution is -2.29. The van der Waals surface area contributed by atoms with Gasteiger partial charge in [-0.1, -0.05) is 0 Å². The van der Waals surface area contributed by atoms with Crippen LogP contribution in [0.15, 0.2) is 77.1 Å². The van der Waals surface area contributed by atoms with Gasteiger partial charge in [-0.3, -0.25) is 5.41 Å². The van der Waals surface area contributed by atoms with Gasteiger partial charge in [-0.05, 0) is 60.7 Å². The van der Waals surface area contributed by atoms with Crippen LogP contribution in [0.1, 0.15) is 0 Å². The molecule has 10 nitrogen and oxygen atoms in total. The first-order valence-electron chi connectivity index (χ1n) is 11.8. The highest BCUT2D eigenvalue weighted by molar-refractivity contribution is 6.23. The third-order valence-electron chi connectivity index (χ3n) is 5.62. The van der Waals surface area contributed by atoms with Gasteiger partial charge >= 0.3 is 0 Å². The van der Waals surface area contributed by atoms with E-state index < -0.39 is 0 Å². The standard InChI is InChI=1S/C26H34N6O4/c27-23-17-24(28)26(30-20-3-7-22(8-4-20)32(11-15-35)12-16-36)18-25(23)29-19-1-5-21(6-2-19)31(9-13-33)10-14-34/h1-8,17-18,27,29,33-36H,9-16,28H2/b27-23?,30-26-. The van der Waals surface area contributed by atoms with Crippen molar-refractivity contribution < 1.29 is 20.4 Å². The molecule has 0 aliphatic heterocycles. The van der Waals surface area contributed by atoms with Crippen LogP contribution in [0, 0.1) is 5.41 Å². The molecule has 0 saturated carbocycles. The van der Waals surface area contributed by atoms with E-state index in [1.807, 2.05) is 58.3 Å². The highest BCUT2D eigenvalue weighted by Crippen LogP contribution is 2.23. The predicted octanol–water partition coefficient (Wildman–Crippen LogP) is 1.21. The molecule has 2 aromatic carbocycles. The van der Waals surface area contributed by atoms with Crippen LogP contribution in [-0.2, 0) is 0 Å². The van der Waals surface area contributed by atoms with Gasteiger partial charge in [0.1, 0.15) is 0 Å². The van der Waals surface area contributed by atoms with E-state index in [2.05, 4.69) is 10.3 Å². The van der Waals surface area contributed by atoms with Gasteiger partial charge in [0.15, 0.2) is 0 Å². The van der Waals surface area contributed by atoms with Crippen LogP contribution in [0.4, 0.5) is 22.7 Å². The van der Waals surface area contributed by atoms with Crippen LogP contribution < -0.4 is 20.9 Å². The Bertz CT molecular complexity index is 1080. The number of hydrogen-bond donors (Lipinski definition) is 7. The zero-order chi connectivity index (χ0) is 25.9. The molecule has 36 heavy (non-hydrogen) atoms. The Morgan fingerprint density at radius 2 is 1.19 bits per heavy atom. The summed E-state index contributed by atoms with van der Waals surface area (Å²) in [5.41, 5.74) is 11.0. The second-order valence-electron chi connectivity index (χ2n) is 8.13. The van der Waals surface area contributed by atoms with Gasteiger partial charge in [0, 0.05) is 43.2 Å². The molecule has 0 atom stereocenters. The molecule has 1 aliphatic carbocycles. The molecule has 3 rings (SSSR count). The summed E-state index contributed by atoms with van der Waals surface area (Å²) in [4.78, 5) is 8.40. The summed E-state index contributed by atoms with van der Waals surface area (Å²) in [5.74, 6) is 0. The second kappa shape index (κ2) is 13.4. The molecule has 0 heterocycles. The van der Waals surface area contributed by atoms with E-state index in [0.717, 1.165) is 17.1 Å². The number of hydrogen-bond acceptors (Lipinski definition) is 10. The Balaban J connectivity index is 1.77. The molecule has 1 aliphatic rings. The minimum Gasteiger partial charge on any atom is -0.397 e.